The molecule has 1 atom stereocenters. The monoisotopic (exact) mass is 533 g/mol. The van der Waals surface area contributed by atoms with Gasteiger partial charge in [-0.3, -0.25) is 4.79 Å². The summed E-state index contributed by atoms with van der Waals surface area (Å²) in [6.07, 6.45) is 2.16. The standard InChI is InChI=1S/C26H35F4NO2S2/c1-6-19(15-21(17(2)27)26(28,29)30)22-13-12-20(31-22)16-23(18(3)32)35-24(34)11-9-7-8-10-14-25(4,5)33/h6,12-13,15-17,31,33H,7-11,14H2,1-5H3/b19-6?,21-15+,23-16+. The molecule has 0 amide bonds. The number of aromatic amines is 1. The Morgan fingerprint density at radius 1 is 1.20 bits per heavy atom. The van der Waals surface area contributed by atoms with Crippen LogP contribution in [0.5, 0.6) is 0 Å². The molecule has 9 heteroatoms. The largest absolute Gasteiger partial charge is 0.415 e. The molecule has 0 saturated heterocycles. The van der Waals surface area contributed by atoms with Gasteiger partial charge in [0.05, 0.1) is 20.3 Å². The Morgan fingerprint density at radius 3 is 2.34 bits per heavy atom. The Hall–Kier alpha value is -1.71. The SMILES string of the molecule is CC=C(/C=C(\C(C)F)C(F)(F)F)c1ccc(/C=C(/SC(=S)CCCCCCC(C)(C)O)C(C)=O)[nH]1. The van der Waals surface area contributed by atoms with Crippen LogP contribution in [0.2, 0.25) is 0 Å². The fourth-order valence-electron chi connectivity index (χ4n) is 3.27. The lowest BCUT2D eigenvalue weighted by atomic mass is 10.0. The molecule has 1 rings (SSSR count). The van der Waals surface area contributed by atoms with Crippen molar-refractivity contribution in [3.63, 3.8) is 0 Å². The van der Waals surface area contributed by atoms with Gasteiger partial charge < -0.3 is 10.1 Å². The van der Waals surface area contributed by atoms with E-state index in [1.165, 1.54) is 24.8 Å². The molecule has 0 fully saturated rings. The minimum Gasteiger partial charge on any atom is -0.390 e. The number of carbonyl (C=O) groups excluding carboxylic acids is 1. The zero-order valence-corrected chi connectivity index (χ0v) is 22.5. The van der Waals surface area contributed by atoms with E-state index in [0.29, 0.717) is 26.9 Å². The number of nitrogens with one attached hydrogen (secondary N) is 1. The molecular formula is C26H35F4NO2S2. The van der Waals surface area contributed by atoms with Gasteiger partial charge in [-0.25, -0.2) is 4.39 Å². The second-order valence-corrected chi connectivity index (χ2v) is 10.9. The minimum atomic E-state index is -4.78. The van der Waals surface area contributed by atoms with Crippen LogP contribution in [0.1, 0.15) is 84.5 Å². The topological polar surface area (TPSA) is 53.1 Å². The normalized spacial score (nSPS) is 14.9. The number of carbonyl (C=O) groups is 1. The highest BCUT2D eigenvalue weighted by Gasteiger charge is 2.37. The molecule has 2 N–H and O–H groups in total. The number of thiocarbonyl (C=S) groups is 1. The number of aromatic nitrogens is 1. The van der Waals surface area contributed by atoms with Crippen LogP contribution in [-0.4, -0.2) is 38.0 Å². The van der Waals surface area contributed by atoms with Crippen LogP contribution in [-0.2, 0) is 4.79 Å². The van der Waals surface area contributed by atoms with Crippen LogP contribution < -0.4 is 0 Å². The summed E-state index contributed by atoms with van der Waals surface area (Å²) in [5.41, 5.74) is -0.814. The van der Waals surface area contributed by atoms with Crippen molar-refractivity contribution in [2.75, 3.05) is 0 Å². The van der Waals surface area contributed by atoms with Gasteiger partial charge in [0.15, 0.2) is 5.78 Å². The number of unbranched alkanes of at least 4 members (excludes halogenated alkanes) is 3. The van der Waals surface area contributed by atoms with Crippen molar-refractivity contribution in [2.24, 2.45) is 0 Å². The van der Waals surface area contributed by atoms with Crippen molar-refractivity contribution in [1.82, 2.24) is 4.98 Å². The summed E-state index contributed by atoms with van der Waals surface area (Å²) in [4.78, 5) is 15.6. The molecule has 0 spiro atoms. The van der Waals surface area contributed by atoms with Crippen LogP contribution in [0.25, 0.3) is 11.6 Å². The number of aliphatic hydroxyl groups is 1. The van der Waals surface area contributed by atoms with Crippen LogP contribution in [0.4, 0.5) is 17.6 Å². The van der Waals surface area contributed by atoms with E-state index in [-0.39, 0.29) is 11.4 Å². The number of rotatable bonds is 13. The Morgan fingerprint density at radius 2 is 1.83 bits per heavy atom. The van der Waals surface area contributed by atoms with Crippen LogP contribution in [0.15, 0.2) is 34.8 Å². The summed E-state index contributed by atoms with van der Waals surface area (Å²) in [5, 5.41) is 9.74. The van der Waals surface area contributed by atoms with E-state index in [1.54, 1.807) is 39.0 Å². The lowest BCUT2D eigenvalue weighted by Gasteiger charge is -2.16. The summed E-state index contributed by atoms with van der Waals surface area (Å²) in [7, 11) is 0. The molecule has 1 unspecified atom stereocenters. The maximum Gasteiger partial charge on any atom is 0.415 e. The van der Waals surface area contributed by atoms with E-state index in [2.05, 4.69) is 4.98 Å². The van der Waals surface area contributed by atoms with E-state index < -0.39 is 23.5 Å². The van der Waals surface area contributed by atoms with E-state index in [9.17, 15) is 27.5 Å². The lowest BCUT2D eigenvalue weighted by molar-refractivity contribution is -0.112. The van der Waals surface area contributed by atoms with Crippen LogP contribution in [0.3, 0.4) is 0 Å². The number of H-pyrrole nitrogens is 1. The van der Waals surface area contributed by atoms with Gasteiger partial charge in [-0.15, -0.1) is 0 Å². The Balaban J connectivity index is 2.85. The van der Waals surface area contributed by atoms with Gasteiger partial charge in [0.25, 0.3) is 0 Å². The predicted octanol–water partition coefficient (Wildman–Crippen LogP) is 8.37. The molecule has 0 aromatic carbocycles. The van der Waals surface area contributed by atoms with Crippen molar-refractivity contribution in [1.29, 1.82) is 0 Å². The summed E-state index contributed by atoms with van der Waals surface area (Å²) in [5.74, 6) is -0.171. The van der Waals surface area contributed by atoms with Crippen LogP contribution in [0, 0.1) is 0 Å². The molecule has 0 saturated carbocycles. The first kappa shape index (κ1) is 31.3. The number of ketones is 1. The smallest absolute Gasteiger partial charge is 0.390 e. The second-order valence-electron chi connectivity index (χ2n) is 9.05. The summed E-state index contributed by atoms with van der Waals surface area (Å²) in [6.45, 7) is 7.44. The quantitative estimate of drug-likeness (QED) is 0.0879. The van der Waals surface area contributed by atoms with Crippen LogP contribution >= 0.6 is 24.0 Å². The van der Waals surface area contributed by atoms with Gasteiger partial charge in [0.2, 0.25) is 0 Å². The molecule has 0 aliphatic rings. The number of Topliss-reactive ketones (excluding diaryl/α,β-unsaturated/α-hetero) is 1. The number of allylic oxidation sites excluding steroid dienone is 5. The van der Waals surface area contributed by atoms with Crippen molar-refractivity contribution >= 4 is 45.6 Å². The molecule has 0 bridgehead atoms. The first-order valence-corrected chi connectivity index (χ1v) is 12.8. The highest BCUT2D eigenvalue weighted by atomic mass is 32.2. The second kappa shape index (κ2) is 14.1. The highest BCUT2D eigenvalue weighted by molar-refractivity contribution is 8.26. The fraction of sp³-hybridized carbons (Fsp3) is 0.538. The Kier molecular flexibility index (Phi) is 12.7. The number of alkyl halides is 4. The zero-order valence-electron chi connectivity index (χ0n) is 20.9. The van der Waals surface area contributed by atoms with E-state index in [0.717, 1.165) is 45.1 Å². The number of thioether (sulfide) groups is 1. The first-order chi connectivity index (χ1) is 16.1. The third kappa shape index (κ3) is 12.2. The predicted molar refractivity (Wildman–Crippen MR) is 142 cm³/mol. The molecule has 1 aromatic rings. The molecule has 0 aliphatic carbocycles. The maximum atomic E-state index is 13.6. The van der Waals surface area contributed by atoms with Gasteiger partial charge in [-0.1, -0.05) is 49.3 Å². The van der Waals surface area contributed by atoms with Gasteiger partial charge in [0.1, 0.15) is 6.17 Å². The summed E-state index contributed by atoms with van der Waals surface area (Å²) >= 11 is 6.65. The first-order valence-electron chi connectivity index (χ1n) is 11.6. The van der Waals surface area contributed by atoms with E-state index in [4.69, 9.17) is 12.2 Å². The van der Waals surface area contributed by atoms with Crippen molar-refractivity contribution in [3.05, 3.63) is 46.2 Å². The molecule has 0 radical (unpaired) electrons. The highest BCUT2D eigenvalue weighted by Crippen LogP contribution is 2.33. The van der Waals surface area contributed by atoms with E-state index in [1.807, 2.05) is 0 Å². The lowest BCUT2D eigenvalue weighted by Crippen LogP contribution is -2.19. The Labute approximate surface area is 215 Å². The van der Waals surface area contributed by atoms with Gasteiger partial charge in [-0.2, -0.15) is 13.2 Å². The molecular weight excluding hydrogens is 498 g/mol. The molecule has 1 aromatic heterocycles. The summed E-state index contributed by atoms with van der Waals surface area (Å²) in [6, 6.07) is 3.23. The molecule has 0 aliphatic heterocycles. The summed E-state index contributed by atoms with van der Waals surface area (Å²) < 4.78 is 53.7. The minimum absolute atomic E-state index is 0.171. The average molecular weight is 534 g/mol. The van der Waals surface area contributed by atoms with Gasteiger partial charge in [0, 0.05) is 11.4 Å². The molecule has 35 heavy (non-hydrogen) atoms. The maximum absolute atomic E-state index is 13.6. The fourth-order valence-corrected chi connectivity index (χ4v) is 4.50. The third-order valence-corrected chi connectivity index (χ3v) is 6.69. The molecule has 196 valence electrons. The van der Waals surface area contributed by atoms with Crippen molar-refractivity contribution in [2.45, 2.75) is 91.1 Å². The van der Waals surface area contributed by atoms with E-state index >= 15 is 0 Å². The third-order valence-electron chi connectivity index (χ3n) is 5.17. The Bertz CT molecular complexity index is 951. The van der Waals surface area contributed by atoms with Crippen molar-refractivity contribution < 1.29 is 27.5 Å². The number of hydrogen-bond acceptors (Lipinski definition) is 4. The molecule has 3 nitrogen and oxygen atoms in total. The van der Waals surface area contributed by atoms with Crippen molar-refractivity contribution in [3.8, 4) is 0 Å². The van der Waals surface area contributed by atoms with Gasteiger partial charge in [-0.05, 0) is 83.7 Å². The average Bonchev–Trinajstić information content (AvgIpc) is 3.17. The van der Waals surface area contributed by atoms with Gasteiger partial charge >= 0.3 is 6.18 Å². The number of halogens is 4. The molecule has 1 heterocycles. The number of hydrogen-bond donors (Lipinski definition) is 2. The zero-order chi connectivity index (χ0) is 26.8.